The van der Waals surface area contributed by atoms with Crippen LogP contribution >= 0.6 is 0 Å². The Morgan fingerprint density at radius 2 is 2.00 bits per heavy atom. The van der Waals surface area contributed by atoms with Crippen molar-refractivity contribution in [3.63, 3.8) is 0 Å². The van der Waals surface area contributed by atoms with Gasteiger partial charge in [0, 0.05) is 31.9 Å². The Labute approximate surface area is 140 Å². The molecule has 1 aliphatic rings. The number of hydrogen-bond acceptors (Lipinski definition) is 3. The van der Waals surface area contributed by atoms with Gasteiger partial charge in [0.05, 0.1) is 6.54 Å². The second-order valence-electron chi connectivity index (χ2n) is 6.42. The summed E-state index contributed by atoms with van der Waals surface area (Å²) in [6, 6.07) is 4.62. The SMILES string of the molecule is CCNC(=NCc1ccnc(N2CCCCCC2)c1)NC(C)C. The maximum absolute atomic E-state index is 4.68. The number of nitrogens with one attached hydrogen (secondary N) is 2. The molecule has 1 fully saturated rings. The van der Waals surface area contributed by atoms with Crippen LogP contribution < -0.4 is 15.5 Å². The zero-order valence-corrected chi connectivity index (χ0v) is 14.8. The van der Waals surface area contributed by atoms with Crippen LogP contribution in [-0.4, -0.2) is 36.6 Å². The van der Waals surface area contributed by atoms with Gasteiger partial charge in [-0.25, -0.2) is 9.98 Å². The second-order valence-corrected chi connectivity index (χ2v) is 6.42. The summed E-state index contributed by atoms with van der Waals surface area (Å²) in [6.07, 6.45) is 7.13. The molecule has 2 N–H and O–H groups in total. The highest BCUT2D eigenvalue weighted by Gasteiger charge is 2.11. The largest absolute Gasteiger partial charge is 0.357 e. The van der Waals surface area contributed by atoms with Gasteiger partial charge < -0.3 is 15.5 Å². The van der Waals surface area contributed by atoms with Gasteiger partial charge in [-0.3, -0.25) is 0 Å². The summed E-state index contributed by atoms with van der Waals surface area (Å²) < 4.78 is 0. The molecule has 1 aromatic heterocycles. The summed E-state index contributed by atoms with van der Waals surface area (Å²) in [7, 11) is 0. The number of pyridine rings is 1. The van der Waals surface area contributed by atoms with E-state index in [1.807, 2.05) is 6.20 Å². The number of aromatic nitrogens is 1. The predicted octanol–water partition coefficient (Wildman–Crippen LogP) is 2.93. The minimum Gasteiger partial charge on any atom is -0.357 e. The highest BCUT2D eigenvalue weighted by Crippen LogP contribution is 2.18. The van der Waals surface area contributed by atoms with E-state index in [9.17, 15) is 0 Å². The number of hydrogen-bond donors (Lipinski definition) is 2. The molecule has 0 unspecified atom stereocenters. The van der Waals surface area contributed by atoms with Crippen LogP contribution in [0.5, 0.6) is 0 Å². The molecule has 1 aliphatic heterocycles. The Morgan fingerprint density at radius 3 is 2.65 bits per heavy atom. The molecule has 0 saturated carbocycles. The van der Waals surface area contributed by atoms with Crippen LogP contribution in [0.1, 0.15) is 52.0 Å². The average Bonchev–Trinajstić information content (AvgIpc) is 2.82. The van der Waals surface area contributed by atoms with Gasteiger partial charge in [0.15, 0.2) is 5.96 Å². The highest BCUT2D eigenvalue weighted by atomic mass is 15.2. The van der Waals surface area contributed by atoms with Gasteiger partial charge in [-0.1, -0.05) is 12.8 Å². The quantitative estimate of drug-likeness (QED) is 0.647. The highest BCUT2D eigenvalue weighted by molar-refractivity contribution is 5.80. The van der Waals surface area contributed by atoms with Crippen LogP contribution in [0.25, 0.3) is 0 Å². The lowest BCUT2D eigenvalue weighted by Crippen LogP contribution is -2.41. The smallest absolute Gasteiger partial charge is 0.191 e. The first-order chi connectivity index (χ1) is 11.2. The summed E-state index contributed by atoms with van der Waals surface area (Å²) in [4.78, 5) is 11.7. The molecule has 0 spiro atoms. The van der Waals surface area contributed by atoms with Crippen LogP contribution in [0, 0.1) is 0 Å². The third kappa shape index (κ3) is 6.08. The summed E-state index contributed by atoms with van der Waals surface area (Å²) in [5.41, 5.74) is 1.21. The molecular formula is C18H31N5. The molecule has 5 heteroatoms. The van der Waals surface area contributed by atoms with Crippen LogP contribution in [0.15, 0.2) is 23.3 Å². The number of nitrogens with zero attached hydrogens (tertiary/aromatic N) is 3. The Morgan fingerprint density at radius 1 is 1.26 bits per heavy atom. The van der Waals surface area contributed by atoms with E-state index in [1.54, 1.807) is 0 Å². The van der Waals surface area contributed by atoms with Gasteiger partial charge in [-0.05, 0) is 51.3 Å². The molecule has 0 amide bonds. The fourth-order valence-corrected chi connectivity index (χ4v) is 2.80. The fraction of sp³-hybridized carbons (Fsp3) is 0.667. The van der Waals surface area contributed by atoms with Crippen molar-refractivity contribution in [1.82, 2.24) is 15.6 Å². The van der Waals surface area contributed by atoms with Gasteiger partial charge in [-0.15, -0.1) is 0 Å². The summed E-state index contributed by atoms with van der Waals surface area (Å²) in [6.45, 7) is 10.1. The van der Waals surface area contributed by atoms with E-state index < -0.39 is 0 Å². The maximum atomic E-state index is 4.68. The zero-order chi connectivity index (χ0) is 16.5. The fourth-order valence-electron chi connectivity index (χ4n) is 2.80. The molecule has 1 saturated heterocycles. The summed E-state index contributed by atoms with van der Waals surface area (Å²) in [5, 5.41) is 6.63. The molecule has 0 aliphatic carbocycles. The van der Waals surface area contributed by atoms with Crippen LogP contribution in [0.2, 0.25) is 0 Å². The molecule has 23 heavy (non-hydrogen) atoms. The van der Waals surface area contributed by atoms with Crippen molar-refractivity contribution in [2.45, 2.75) is 59.0 Å². The van der Waals surface area contributed by atoms with Gasteiger partial charge in [0.1, 0.15) is 5.82 Å². The lowest BCUT2D eigenvalue weighted by atomic mass is 10.2. The molecule has 5 nitrogen and oxygen atoms in total. The van der Waals surface area contributed by atoms with Crippen molar-refractivity contribution in [2.75, 3.05) is 24.5 Å². The normalized spacial score (nSPS) is 16.3. The minimum absolute atomic E-state index is 0.373. The number of anilines is 1. The Kier molecular flexibility index (Phi) is 7.17. The topological polar surface area (TPSA) is 52.6 Å². The minimum atomic E-state index is 0.373. The summed E-state index contributed by atoms with van der Waals surface area (Å²) in [5.74, 6) is 1.97. The van der Waals surface area contributed by atoms with E-state index in [4.69, 9.17) is 0 Å². The molecule has 128 valence electrons. The van der Waals surface area contributed by atoms with Crippen molar-refractivity contribution in [1.29, 1.82) is 0 Å². The first kappa shape index (κ1) is 17.6. The molecule has 2 rings (SSSR count). The van der Waals surface area contributed by atoms with E-state index in [-0.39, 0.29) is 0 Å². The maximum Gasteiger partial charge on any atom is 0.191 e. The Hall–Kier alpha value is -1.78. The first-order valence-electron chi connectivity index (χ1n) is 8.93. The van der Waals surface area contributed by atoms with Crippen molar-refractivity contribution >= 4 is 11.8 Å². The third-order valence-electron chi connectivity index (χ3n) is 3.93. The molecule has 0 radical (unpaired) electrons. The molecular weight excluding hydrogens is 286 g/mol. The monoisotopic (exact) mass is 317 g/mol. The summed E-state index contributed by atoms with van der Waals surface area (Å²) >= 11 is 0. The van der Waals surface area contributed by atoms with Gasteiger partial charge >= 0.3 is 0 Å². The average molecular weight is 317 g/mol. The van der Waals surface area contributed by atoms with E-state index >= 15 is 0 Å². The van der Waals surface area contributed by atoms with Gasteiger partial charge in [0.2, 0.25) is 0 Å². The van der Waals surface area contributed by atoms with Crippen molar-refractivity contribution in [3.05, 3.63) is 23.9 Å². The lowest BCUT2D eigenvalue weighted by Gasteiger charge is -2.21. The van der Waals surface area contributed by atoms with Crippen LogP contribution in [0.4, 0.5) is 5.82 Å². The van der Waals surface area contributed by atoms with Gasteiger partial charge in [0.25, 0.3) is 0 Å². The number of aliphatic imine (C=N–C) groups is 1. The van der Waals surface area contributed by atoms with E-state index in [0.29, 0.717) is 12.6 Å². The van der Waals surface area contributed by atoms with Crippen molar-refractivity contribution < 1.29 is 0 Å². The van der Waals surface area contributed by atoms with Crippen molar-refractivity contribution in [2.24, 2.45) is 4.99 Å². The lowest BCUT2D eigenvalue weighted by molar-refractivity contribution is 0.700. The van der Waals surface area contributed by atoms with E-state index in [0.717, 1.165) is 31.4 Å². The van der Waals surface area contributed by atoms with E-state index in [1.165, 1.54) is 31.2 Å². The first-order valence-corrected chi connectivity index (χ1v) is 8.93. The Balaban J connectivity index is 2.03. The van der Waals surface area contributed by atoms with Gasteiger partial charge in [-0.2, -0.15) is 0 Å². The molecule has 2 heterocycles. The predicted molar refractivity (Wildman–Crippen MR) is 98.0 cm³/mol. The number of rotatable bonds is 5. The van der Waals surface area contributed by atoms with E-state index in [2.05, 4.69) is 58.4 Å². The molecule has 1 aromatic rings. The zero-order valence-electron chi connectivity index (χ0n) is 14.8. The molecule has 0 aromatic carbocycles. The van der Waals surface area contributed by atoms with Crippen LogP contribution in [0.3, 0.4) is 0 Å². The molecule has 0 atom stereocenters. The van der Waals surface area contributed by atoms with Crippen LogP contribution in [-0.2, 0) is 6.54 Å². The molecule has 0 bridgehead atoms. The standard InChI is InChI=1S/C18H31N5/c1-4-19-18(22-15(2)3)21-14-16-9-10-20-17(13-16)23-11-7-5-6-8-12-23/h9-10,13,15H,4-8,11-12,14H2,1-3H3,(H2,19,21,22). The third-order valence-corrected chi connectivity index (χ3v) is 3.93. The number of guanidine groups is 1. The second kappa shape index (κ2) is 9.38. The Bertz CT molecular complexity index is 490. The van der Waals surface area contributed by atoms with Crippen molar-refractivity contribution in [3.8, 4) is 0 Å².